The van der Waals surface area contributed by atoms with Crippen molar-refractivity contribution in [2.24, 2.45) is 0 Å². The Morgan fingerprint density at radius 1 is 1.03 bits per heavy atom. The molecule has 1 saturated heterocycles. The molecule has 8 heteroatoms. The third-order valence-electron chi connectivity index (χ3n) is 6.58. The molecule has 6 nitrogen and oxygen atoms in total. The number of carbonyl (C=O) groups excluding carboxylic acids is 1. The second kappa shape index (κ2) is 11.0. The van der Waals surface area contributed by atoms with Gasteiger partial charge in [0.1, 0.15) is 9.88 Å². The molecule has 1 fully saturated rings. The number of anilines is 1. The second-order valence-corrected chi connectivity index (χ2v) is 10.4. The number of hydrogen-bond donors (Lipinski definition) is 0. The van der Waals surface area contributed by atoms with E-state index in [-0.39, 0.29) is 5.91 Å². The summed E-state index contributed by atoms with van der Waals surface area (Å²) in [5, 5.41) is 1.52. The molecule has 0 radical (unpaired) electrons. The third kappa shape index (κ3) is 5.47. The second-order valence-electron chi connectivity index (χ2n) is 8.95. The zero-order chi connectivity index (χ0) is 24.2. The molecule has 3 heterocycles. The molecule has 0 unspecified atom stereocenters. The molecule has 35 heavy (non-hydrogen) atoms. The number of hydrogen-bond acceptors (Lipinski definition) is 6. The number of rotatable bonds is 8. The first-order valence-corrected chi connectivity index (χ1v) is 13.4. The maximum atomic E-state index is 13.4. The van der Waals surface area contributed by atoms with E-state index in [0.717, 1.165) is 34.9 Å². The highest BCUT2D eigenvalue weighted by Gasteiger charge is 2.30. The van der Waals surface area contributed by atoms with Crippen LogP contribution in [0.15, 0.2) is 42.5 Å². The molecule has 1 amide bonds. The third-order valence-corrected chi connectivity index (χ3v) is 7.97. The van der Waals surface area contributed by atoms with Gasteiger partial charge < -0.3 is 19.3 Å². The predicted molar refractivity (Wildman–Crippen MR) is 141 cm³/mol. The molecule has 2 aromatic carbocycles. The number of aromatic nitrogens is 1. The van der Waals surface area contributed by atoms with Gasteiger partial charge in [0.25, 0.3) is 5.91 Å². The lowest BCUT2D eigenvalue weighted by atomic mass is 10.1. The molecule has 0 N–H and O–H groups in total. The number of fused-ring (bicyclic) bond motifs is 1. The summed E-state index contributed by atoms with van der Waals surface area (Å²) < 4.78 is 11.6. The van der Waals surface area contributed by atoms with Gasteiger partial charge in [-0.1, -0.05) is 30.2 Å². The van der Waals surface area contributed by atoms with E-state index < -0.39 is 0 Å². The highest BCUT2D eigenvalue weighted by Crippen LogP contribution is 2.37. The van der Waals surface area contributed by atoms with Crippen molar-refractivity contribution in [1.82, 2.24) is 9.88 Å². The van der Waals surface area contributed by atoms with E-state index in [1.165, 1.54) is 43.7 Å². The molecule has 3 aromatic rings. The Morgan fingerprint density at radius 3 is 2.60 bits per heavy atom. The number of methoxy groups -OCH3 is 1. The molecule has 0 aliphatic carbocycles. The number of nitrogens with zero attached hydrogens (tertiary/aromatic N) is 3. The van der Waals surface area contributed by atoms with Crippen molar-refractivity contribution >= 4 is 34.5 Å². The Balaban J connectivity index is 1.25. The number of piperidine rings is 1. The van der Waals surface area contributed by atoms with E-state index in [1.807, 2.05) is 42.5 Å². The number of ether oxygens (including phenoxy) is 2. The normalized spacial score (nSPS) is 16.3. The Labute approximate surface area is 215 Å². The highest BCUT2D eigenvalue weighted by molar-refractivity contribution is 7.17. The Kier molecular flexibility index (Phi) is 7.56. The maximum absolute atomic E-state index is 13.4. The van der Waals surface area contributed by atoms with Gasteiger partial charge in [-0.05, 0) is 56.6 Å². The van der Waals surface area contributed by atoms with Crippen molar-refractivity contribution < 1.29 is 14.3 Å². The predicted octanol–water partition coefficient (Wildman–Crippen LogP) is 5.93. The summed E-state index contributed by atoms with van der Waals surface area (Å²) in [6.45, 7) is 4.69. The van der Waals surface area contributed by atoms with E-state index in [0.29, 0.717) is 41.0 Å². The average Bonchev–Trinajstić information content (AvgIpc) is 3.33. The summed E-state index contributed by atoms with van der Waals surface area (Å²) in [5.74, 6) is 1.33. The molecular formula is C27H30ClN3O3S. The highest BCUT2D eigenvalue weighted by atomic mass is 35.5. The number of likely N-dealkylation sites (tertiary alicyclic amines) is 1. The lowest BCUT2D eigenvalue weighted by molar-refractivity contribution is 0.0984. The number of benzene rings is 2. The van der Waals surface area contributed by atoms with Crippen LogP contribution in [-0.4, -0.2) is 55.7 Å². The zero-order valence-corrected chi connectivity index (χ0v) is 21.5. The zero-order valence-electron chi connectivity index (χ0n) is 20.0. The van der Waals surface area contributed by atoms with Crippen LogP contribution < -0.4 is 14.4 Å². The van der Waals surface area contributed by atoms with E-state index >= 15 is 0 Å². The minimum absolute atomic E-state index is 0.0267. The SMILES string of the molecule is COc1cc(N2CCc3nc(-c4ccc(Cl)cc4)sc3C2=O)ccc1OCCCN1CCCCC1. The fourth-order valence-electron chi connectivity index (χ4n) is 4.69. The first kappa shape index (κ1) is 24.1. The van der Waals surface area contributed by atoms with Crippen LogP contribution >= 0.6 is 22.9 Å². The lowest BCUT2D eigenvalue weighted by Gasteiger charge is -2.27. The van der Waals surface area contributed by atoms with E-state index in [4.69, 9.17) is 26.1 Å². The van der Waals surface area contributed by atoms with Crippen molar-refractivity contribution in [1.29, 1.82) is 0 Å². The summed E-state index contributed by atoms with van der Waals surface area (Å²) in [6.07, 6.45) is 5.65. The molecule has 0 atom stereocenters. The van der Waals surface area contributed by atoms with Crippen LogP contribution in [0, 0.1) is 0 Å². The molecule has 0 saturated carbocycles. The number of carbonyl (C=O) groups is 1. The van der Waals surface area contributed by atoms with Gasteiger partial charge in [-0.15, -0.1) is 11.3 Å². The fourth-order valence-corrected chi connectivity index (χ4v) is 5.88. The maximum Gasteiger partial charge on any atom is 0.270 e. The summed E-state index contributed by atoms with van der Waals surface area (Å²) in [4.78, 5) is 23.1. The lowest BCUT2D eigenvalue weighted by Crippen LogP contribution is -2.36. The van der Waals surface area contributed by atoms with E-state index in [2.05, 4.69) is 4.90 Å². The van der Waals surface area contributed by atoms with Gasteiger partial charge in [0.2, 0.25) is 0 Å². The van der Waals surface area contributed by atoms with Crippen LogP contribution in [0.2, 0.25) is 5.02 Å². The first-order valence-electron chi connectivity index (χ1n) is 12.2. The smallest absolute Gasteiger partial charge is 0.270 e. The molecule has 0 bridgehead atoms. The Morgan fingerprint density at radius 2 is 1.83 bits per heavy atom. The average molecular weight is 512 g/mol. The van der Waals surface area contributed by atoms with E-state index in [9.17, 15) is 4.79 Å². The van der Waals surface area contributed by atoms with Gasteiger partial charge in [0, 0.05) is 41.9 Å². The molecule has 1 aromatic heterocycles. The molecular weight excluding hydrogens is 482 g/mol. The quantitative estimate of drug-likeness (QED) is 0.351. The Hall–Kier alpha value is -2.61. The number of amides is 1. The standard InChI is InChI=1S/C27H30ClN3O3S/c1-33-24-18-21(10-11-23(24)34-17-5-15-30-13-3-2-4-14-30)31-16-12-22-25(27(31)32)35-26(29-22)19-6-8-20(28)9-7-19/h6-11,18H,2-5,12-17H2,1H3. The summed E-state index contributed by atoms with van der Waals surface area (Å²) in [5.41, 5.74) is 2.64. The molecule has 2 aliphatic heterocycles. The van der Waals surface area contributed by atoms with Crippen molar-refractivity contribution in [2.75, 3.05) is 44.8 Å². The number of halogens is 1. The van der Waals surface area contributed by atoms with Crippen molar-refractivity contribution in [2.45, 2.75) is 32.1 Å². The van der Waals surface area contributed by atoms with Crippen LogP contribution in [0.1, 0.15) is 41.0 Å². The van der Waals surface area contributed by atoms with Gasteiger partial charge in [-0.25, -0.2) is 4.98 Å². The van der Waals surface area contributed by atoms with Gasteiger partial charge in [-0.3, -0.25) is 4.79 Å². The topological polar surface area (TPSA) is 54.9 Å². The van der Waals surface area contributed by atoms with Gasteiger partial charge in [-0.2, -0.15) is 0 Å². The fraction of sp³-hybridized carbons (Fsp3) is 0.407. The van der Waals surface area contributed by atoms with Crippen LogP contribution in [0.3, 0.4) is 0 Å². The van der Waals surface area contributed by atoms with Crippen molar-refractivity contribution in [3.05, 3.63) is 58.1 Å². The minimum Gasteiger partial charge on any atom is -0.493 e. The first-order chi connectivity index (χ1) is 17.1. The van der Waals surface area contributed by atoms with Crippen molar-refractivity contribution in [3.8, 4) is 22.1 Å². The monoisotopic (exact) mass is 511 g/mol. The summed E-state index contributed by atoms with van der Waals surface area (Å²) in [7, 11) is 1.64. The van der Waals surface area contributed by atoms with Crippen LogP contribution in [0.25, 0.3) is 10.6 Å². The van der Waals surface area contributed by atoms with Gasteiger partial charge in [0.05, 0.1) is 19.4 Å². The van der Waals surface area contributed by atoms with Crippen LogP contribution in [0.5, 0.6) is 11.5 Å². The van der Waals surface area contributed by atoms with Gasteiger partial charge >= 0.3 is 0 Å². The van der Waals surface area contributed by atoms with Crippen molar-refractivity contribution in [3.63, 3.8) is 0 Å². The summed E-state index contributed by atoms with van der Waals surface area (Å²) in [6, 6.07) is 13.3. The van der Waals surface area contributed by atoms with Crippen LogP contribution in [0.4, 0.5) is 5.69 Å². The number of thiazole rings is 1. The van der Waals surface area contributed by atoms with Crippen LogP contribution in [-0.2, 0) is 6.42 Å². The summed E-state index contributed by atoms with van der Waals surface area (Å²) >= 11 is 7.45. The van der Waals surface area contributed by atoms with E-state index in [1.54, 1.807) is 12.0 Å². The largest absolute Gasteiger partial charge is 0.493 e. The van der Waals surface area contributed by atoms with Gasteiger partial charge in [0.15, 0.2) is 11.5 Å². The molecule has 2 aliphatic rings. The minimum atomic E-state index is -0.0267. The Bertz CT molecular complexity index is 1170. The molecule has 5 rings (SSSR count). The molecule has 0 spiro atoms. The molecule has 184 valence electrons.